The molecule has 5 heteroatoms. The van der Waals surface area contributed by atoms with E-state index in [1.807, 2.05) is 37.3 Å². The summed E-state index contributed by atoms with van der Waals surface area (Å²) in [6.45, 7) is 2.10. The SMILES string of the molecule is COc1cc([N+](=O)[O-])c(OCc2ccccc2)cc1C. The predicted molar refractivity (Wildman–Crippen MR) is 75.2 cm³/mol. The minimum atomic E-state index is -0.470. The summed E-state index contributed by atoms with van der Waals surface area (Å²) in [6.07, 6.45) is 0. The molecule has 0 unspecified atom stereocenters. The molecule has 5 nitrogen and oxygen atoms in total. The van der Waals surface area contributed by atoms with Gasteiger partial charge in [0.25, 0.3) is 0 Å². The number of nitro groups is 1. The smallest absolute Gasteiger partial charge is 0.314 e. The lowest BCUT2D eigenvalue weighted by atomic mass is 10.2. The molecule has 0 amide bonds. The molecule has 0 atom stereocenters. The molecule has 0 spiro atoms. The highest BCUT2D eigenvalue weighted by molar-refractivity contribution is 5.54. The van der Waals surface area contributed by atoms with Crippen LogP contribution < -0.4 is 9.47 Å². The van der Waals surface area contributed by atoms with Crippen molar-refractivity contribution in [3.05, 3.63) is 63.7 Å². The zero-order chi connectivity index (χ0) is 14.5. The van der Waals surface area contributed by atoms with E-state index in [0.717, 1.165) is 11.1 Å². The monoisotopic (exact) mass is 273 g/mol. The maximum absolute atomic E-state index is 11.1. The highest BCUT2D eigenvalue weighted by atomic mass is 16.6. The van der Waals surface area contributed by atoms with E-state index in [-0.39, 0.29) is 18.0 Å². The number of benzene rings is 2. The van der Waals surface area contributed by atoms with Crippen LogP contribution in [0.15, 0.2) is 42.5 Å². The Hall–Kier alpha value is -2.56. The Morgan fingerprint density at radius 3 is 2.45 bits per heavy atom. The molecule has 0 radical (unpaired) electrons. The van der Waals surface area contributed by atoms with Gasteiger partial charge >= 0.3 is 5.69 Å². The summed E-state index contributed by atoms with van der Waals surface area (Å²) in [6, 6.07) is 12.5. The summed E-state index contributed by atoms with van der Waals surface area (Å²) in [5.41, 5.74) is 1.65. The van der Waals surface area contributed by atoms with Crippen LogP contribution in [-0.2, 0) is 6.61 Å². The molecule has 0 fully saturated rings. The van der Waals surface area contributed by atoms with E-state index in [9.17, 15) is 10.1 Å². The fraction of sp³-hybridized carbons (Fsp3) is 0.200. The van der Waals surface area contributed by atoms with E-state index >= 15 is 0 Å². The molecule has 0 aliphatic heterocycles. The first-order chi connectivity index (χ1) is 9.61. The van der Waals surface area contributed by atoms with Gasteiger partial charge in [0, 0.05) is 0 Å². The molecule has 0 bridgehead atoms. The van der Waals surface area contributed by atoms with Crippen LogP contribution in [0.2, 0.25) is 0 Å². The lowest BCUT2D eigenvalue weighted by Gasteiger charge is -2.10. The average molecular weight is 273 g/mol. The third-order valence-corrected chi connectivity index (χ3v) is 2.91. The maximum Gasteiger partial charge on any atom is 0.314 e. The Morgan fingerprint density at radius 2 is 1.85 bits per heavy atom. The zero-order valence-electron chi connectivity index (χ0n) is 11.3. The van der Waals surface area contributed by atoms with E-state index in [2.05, 4.69) is 0 Å². The third-order valence-electron chi connectivity index (χ3n) is 2.91. The standard InChI is InChI=1S/C15H15NO4/c1-11-8-15(13(16(17)18)9-14(11)19-2)20-10-12-6-4-3-5-7-12/h3-9H,10H2,1-2H3. The van der Waals surface area contributed by atoms with Crippen molar-refractivity contribution < 1.29 is 14.4 Å². The van der Waals surface area contributed by atoms with E-state index in [1.165, 1.54) is 13.2 Å². The number of hydrogen-bond acceptors (Lipinski definition) is 4. The van der Waals surface area contributed by atoms with Crippen molar-refractivity contribution in [2.45, 2.75) is 13.5 Å². The Labute approximate surface area is 116 Å². The fourth-order valence-corrected chi connectivity index (χ4v) is 1.86. The van der Waals surface area contributed by atoms with Gasteiger partial charge in [-0.3, -0.25) is 10.1 Å². The van der Waals surface area contributed by atoms with Gasteiger partial charge < -0.3 is 9.47 Å². The summed E-state index contributed by atoms with van der Waals surface area (Å²) in [7, 11) is 1.48. The summed E-state index contributed by atoms with van der Waals surface area (Å²) >= 11 is 0. The minimum Gasteiger partial charge on any atom is -0.496 e. The van der Waals surface area contributed by atoms with Crippen molar-refractivity contribution in [2.24, 2.45) is 0 Å². The molecule has 104 valence electrons. The first-order valence-corrected chi connectivity index (χ1v) is 6.11. The predicted octanol–water partition coefficient (Wildman–Crippen LogP) is 3.49. The van der Waals surface area contributed by atoms with Crippen molar-refractivity contribution in [3.63, 3.8) is 0 Å². The Bertz CT molecular complexity index is 611. The van der Waals surface area contributed by atoms with Gasteiger partial charge in [0.2, 0.25) is 0 Å². The first-order valence-electron chi connectivity index (χ1n) is 6.11. The van der Waals surface area contributed by atoms with Crippen molar-refractivity contribution >= 4 is 5.69 Å². The molecular weight excluding hydrogens is 258 g/mol. The number of ether oxygens (including phenoxy) is 2. The minimum absolute atomic E-state index is 0.0941. The molecule has 0 N–H and O–H groups in total. The van der Waals surface area contributed by atoms with Crippen LogP contribution in [0.4, 0.5) is 5.69 Å². The summed E-state index contributed by atoms with van der Waals surface area (Å²) in [5, 5.41) is 11.1. The van der Waals surface area contributed by atoms with E-state index in [4.69, 9.17) is 9.47 Å². The maximum atomic E-state index is 11.1. The van der Waals surface area contributed by atoms with Gasteiger partial charge in [0.15, 0.2) is 5.75 Å². The van der Waals surface area contributed by atoms with Gasteiger partial charge in [-0.1, -0.05) is 30.3 Å². The second-order valence-corrected chi connectivity index (χ2v) is 4.32. The highest BCUT2D eigenvalue weighted by Crippen LogP contribution is 2.34. The third kappa shape index (κ3) is 3.06. The fourth-order valence-electron chi connectivity index (χ4n) is 1.86. The summed E-state index contributed by atoms with van der Waals surface area (Å²) < 4.78 is 10.7. The van der Waals surface area contributed by atoms with Gasteiger partial charge in [0.1, 0.15) is 12.4 Å². The van der Waals surface area contributed by atoms with Crippen LogP contribution in [0.5, 0.6) is 11.5 Å². The van der Waals surface area contributed by atoms with Gasteiger partial charge in [-0.25, -0.2) is 0 Å². The normalized spacial score (nSPS) is 10.1. The average Bonchev–Trinajstić information content (AvgIpc) is 2.46. The second-order valence-electron chi connectivity index (χ2n) is 4.32. The van der Waals surface area contributed by atoms with Crippen LogP contribution in [0.1, 0.15) is 11.1 Å². The number of nitro benzene ring substituents is 1. The van der Waals surface area contributed by atoms with E-state index in [1.54, 1.807) is 6.07 Å². The molecule has 0 aliphatic carbocycles. The number of rotatable bonds is 5. The number of methoxy groups -OCH3 is 1. The second kappa shape index (κ2) is 6.06. The quantitative estimate of drug-likeness (QED) is 0.618. The van der Waals surface area contributed by atoms with Crippen LogP contribution in [0.3, 0.4) is 0 Å². The van der Waals surface area contributed by atoms with Gasteiger partial charge in [-0.2, -0.15) is 0 Å². The van der Waals surface area contributed by atoms with E-state index < -0.39 is 4.92 Å². The molecular formula is C15H15NO4. The number of aryl methyl sites for hydroxylation is 1. The van der Waals surface area contributed by atoms with Crippen LogP contribution in [0, 0.1) is 17.0 Å². The van der Waals surface area contributed by atoms with E-state index in [0.29, 0.717) is 5.75 Å². The molecule has 2 aromatic carbocycles. The summed E-state index contributed by atoms with van der Waals surface area (Å²) in [4.78, 5) is 10.6. The van der Waals surface area contributed by atoms with Crippen LogP contribution in [-0.4, -0.2) is 12.0 Å². The van der Waals surface area contributed by atoms with Gasteiger partial charge in [-0.15, -0.1) is 0 Å². The van der Waals surface area contributed by atoms with Crippen molar-refractivity contribution in [1.82, 2.24) is 0 Å². The molecule has 0 aromatic heterocycles. The molecule has 0 saturated heterocycles. The Balaban J connectivity index is 2.26. The number of hydrogen-bond donors (Lipinski definition) is 0. The van der Waals surface area contributed by atoms with Crippen LogP contribution >= 0.6 is 0 Å². The molecule has 20 heavy (non-hydrogen) atoms. The largest absolute Gasteiger partial charge is 0.496 e. The lowest BCUT2D eigenvalue weighted by molar-refractivity contribution is -0.386. The molecule has 0 aliphatic rings. The van der Waals surface area contributed by atoms with Crippen molar-refractivity contribution in [3.8, 4) is 11.5 Å². The van der Waals surface area contributed by atoms with Gasteiger partial charge in [0.05, 0.1) is 18.1 Å². The molecule has 2 rings (SSSR count). The lowest BCUT2D eigenvalue weighted by Crippen LogP contribution is -2.00. The Morgan fingerprint density at radius 1 is 1.15 bits per heavy atom. The van der Waals surface area contributed by atoms with Gasteiger partial charge in [-0.05, 0) is 24.1 Å². The summed E-state index contributed by atoms with van der Waals surface area (Å²) in [5.74, 6) is 0.723. The molecule has 2 aromatic rings. The topological polar surface area (TPSA) is 61.6 Å². The van der Waals surface area contributed by atoms with Crippen molar-refractivity contribution in [1.29, 1.82) is 0 Å². The molecule has 0 saturated carbocycles. The Kier molecular flexibility index (Phi) is 4.20. The van der Waals surface area contributed by atoms with Crippen LogP contribution in [0.25, 0.3) is 0 Å². The zero-order valence-corrected chi connectivity index (χ0v) is 11.3. The highest BCUT2D eigenvalue weighted by Gasteiger charge is 2.18. The van der Waals surface area contributed by atoms with Crippen molar-refractivity contribution in [2.75, 3.05) is 7.11 Å². The molecule has 0 heterocycles. The number of nitrogens with zero attached hydrogens (tertiary/aromatic N) is 1. The first kappa shape index (κ1) is 13.9.